The van der Waals surface area contributed by atoms with Gasteiger partial charge in [0.15, 0.2) is 0 Å². The summed E-state index contributed by atoms with van der Waals surface area (Å²) in [5.41, 5.74) is 4.23. The molecule has 0 aliphatic carbocycles. The topological polar surface area (TPSA) is 58.2 Å². The quantitative estimate of drug-likeness (QED) is 0.692. The zero-order valence-corrected chi connectivity index (χ0v) is 16.3. The third-order valence-corrected chi connectivity index (χ3v) is 5.08. The van der Waals surface area contributed by atoms with Gasteiger partial charge in [0.2, 0.25) is 5.91 Å². The van der Waals surface area contributed by atoms with Crippen molar-refractivity contribution in [3.05, 3.63) is 66.5 Å². The lowest BCUT2D eigenvalue weighted by atomic mass is 9.98. The van der Waals surface area contributed by atoms with Crippen LogP contribution in [0.2, 0.25) is 0 Å². The second-order valence-electron chi connectivity index (χ2n) is 7.53. The molecule has 1 unspecified atom stereocenters. The number of carbonyl (C=O) groups is 1. The fourth-order valence-electron chi connectivity index (χ4n) is 3.73. The summed E-state index contributed by atoms with van der Waals surface area (Å²) >= 11 is 0. The number of nitrogens with one attached hydrogen (secondary N) is 1. The van der Waals surface area contributed by atoms with Crippen LogP contribution in [0.15, 0.2) is 60.9 Å². The van der Waals surface area contributed by atoms with E-state index in [2.05, 4.69) is 22.3 Å². The monoisotopic (exact) mass is 375 g/mol. The molecule has 2 aromatic carbocycles. The highest BCUT2D eigenvalue weighted by Gasteiger charge is 2.32. The molecule has 1 atom stereocenters. The molecule has 144 valence electrons. The van der Waals surface area contributed by atoms with Crippen molar-refractivity contribution in [3.8, 4) is 16.9 Å². The van der Waals surface area contributed by atoms with E-state index in [-0.39, 0.29) is 17.9 Å². The third-order valence-electron chi connectivity index (χ3n) is 5.08. The number of aromatic amines is 1. The average molecular weight is 375 g/mol. The molecule has 0 spiro atoms. The first-order valence-electron chi connectivity index (χ1n) is 9.76. The van der Waals surface area contributed by atoms with Crippen LogP contribution in [-0.2, 0) is 11.2 Å². The number of rotatable bonds is 6. The number of ether oxygens (including phenoxy) is 1. The molecule has 0 saturated carbocycles. The van der Waals surface area contributed by atoms with E-state index in [1.807, 2.05) is 61.3 Å². The van der Waals surface area contributed by atoms with Crippen LogP contribution in [0.5, 0.6) is 5.75 Å². The molecule has 3 aromatic rings. The predicted molar refractivity (Wildman–Crippen MR) is 110 cm³/mol. The highest BCUT2D eigenvalue weighted by molar-refractivity contribution is 5.97. The van der Waals surface area contributed by atoms with Gasteiger partial charge in [-0.25, -0.2) is 0 Å². The van der Waals surface area contributed by atoms with Gasteiger partial charge in [-0.2, -0.15) is 5.10 Å². The van der Waals surface area contributed by atoms with E-state index in [9.17, 15) is 4.79 Å². The van der Waals surface area contributed by atoms with Crippen LogP contribution in [0.4, 0.5) is 5.69 Å². The van der Waals surface area contributed by atoms with Gasteiger partial charge in [0.05, 0.1) is 12.3 Å². The van der Waals surface area contributed by atoms with Crippen molar-refractivity contribution in [1.82, 2.24) is 10.2 Å². The molecule has 0 bridgehead atoms. The molecule has 1 N–H and O–H groups in total. The van der Waals surface area contributed by atoms with E-state index < -0.39 is 0 Å². The summed E-state index contributed by atoms with van der Waals surface area (Å²) in [5, 5.41) is 6.81. The van der Waals surface area contributed by atoms with Gasteiger partial charge >= 0.3 is 0 Å². The Morgan fingerprint density at radius 1 is 1.18 bits per heavy atom. The summed E-state index contributed by atoms with van der Waals surface area (Å²) in [6, 6.07) is 16.2. The zero-order chi connectivity index (χ0) is 19.5. The number of hydrogen-bond donors (Lipinski definition) is 1. The number of H-pyrrole nitrogens is 1. The van der Waals surface area contributed by atoms with Crippen LogP contribution >= 0.6 is 0 Å². The van der Waals surface area contributed by atoms with E-state index in [0.29, 0.717) is 0 Å². The van der Waals surface area contributed by atoms with E-state index >= 15 is 0 Å². The molecule has 5 heteroatoms. The lowest BCUT2D eigenvalue weighted by Gasteiger charge is -2.17. The Kier molecular flexibility index (Phi) is 5.15. The van der Waals surface area contributed by atoms with E-state index in [0.717, 1.165) is 47.5 Å². The molecule has 1 fully saturated rings. The summed E-state index contributed by atoms with van der Waals surface area (Å²) in [7, 11) is 0. The van der Waals surface area contributed by atoms with Crippen LogP contribution in [0.1, 0.15) is 25.8 Å². The molecule has 0 radical (unpaired) electrons. The molecule has 1 aromatic heterocycles. The van der Waals surface area contributed by atoms with Crippen molar-refractivity contribution in [3.63, 3.8) is 0 Å². The van der Waals surface area contributed by atoms with Gasteiger partial charge in [-0.15, -0.1) is 0 Å². The molecule has 1 aliphatic rings. The molecule has 1 saturated heterocycles. The molecule has 5 nitrogen and oxygen atoms in total. The zero-order valence-electron chi connectivity index (χ0n) is 16.3. The van der Waals surface area contributed by atoms with Crippen LogP contribution < -0.4 is 9.64 Å². The minimum atomic E-state index is 0.0165. The molecule has 28 heavy (non-hydrogen) atoms. The van der Waals surface area contributed by atoms with Crippen LogP contribution in [-0.4, -0.2) is 28.8 Å². The smallest absolute Gasteiger partial charge is 0.230 e. The van der Waals surface area contributed by atoms with Crippen LogP contribution in [0, 0.1) is 5.92 Å². The minimum Gasteiger partial charge on any atom is -0.491 e. The Balaban J connectivity index is 1.44. The Hall–Kier alpha value is -3.08. The van der Waals surface area contributed by atoms with Gasteiger partial charge in [0, 0.05) is 29.9 Å². The Bertz CT molecular complexity index is 933. The molecule has 4 rings (SSSR count). The van der Waals surface area contributed by atoms with Crippen molar-refractivity contribution >= 4 is 11.6 Å². The lowest BCUT2D eigenvalue weighted by Crippen LogP contribution is -2.27. The lowest BCUT2D eigenvalue weighted by molar-refractivity contribution is -0.120. The van der Waals surface area contributed by atoms with Gasteiger partial charge in [-0.3, -0.25) is 9.89 Å². The van der Waals surface area contributed by atoms with Gasteiger partial charge in [0.25, 0.3) is 0 Å². The van der Waals surface area contributed by atoms with E-state index in [1.54, 1.807) is 6.20 Å². The van der Waals surface area contributed by atoms with Crippen LogP contribution in [0.25, 0.3) is 11.1 Å². The Labute approximate surface area is 165 Å². The molecular formula is C23H25N3O2. The number of anilines is 1. The number of benzene rings is 2. The highest BCUT2D eigenvalue weighted by Crippen LogP contribution is 2.30. The maximum Gasteiger partial charge on any atom is 0.230 e. The number of amides is 1. The SMILES string of the molecule is CC(C)Oc1cccc(CC2CCN(c3ccc(-c4cn[nH]c4)cc3)C2=O)c1. The first-order chi connectivity index (χ1) is 13.6. The van der Waals surface area contributed by atoms with Crippen molar-refractivity contribution in [2.24, 2.45) is 5.92 Å². The fraction of sp³-hybridized carbons (Fsp3) is 0.304. The summed E-state index contributed by atoms with van der Waals surface area (Å²) in [5.74, 6) is 1.08. The first-order valence-corrected chi connectivity index (χ1v) is 9.76. The van der Waals surface area contributed by atoms with Gasteiger partial charge in [-0.1, -0.05) is 24.3 Å². The van der Waals surface area contributed by atoms with Gasteiger partial charge in [-0.05, 0) is 62.1 Å². The predicted octanol–water partition coefficient (Wildman–Crippen LogP) is 4.46. The van der Waals surface area contributed by atoms with E-state index in [1.165, 1.54) is 0 Å². The molecule has 1 amide bonds. The number of aromatic nitrogens is 2. The van der Waals surface area contributed by atoms with Crippen molar-refractivity contribution < 1.29 is 9.53 Å². The second kappa shape index (κ2) is 7.89. The van der Waals surface area contributed by atoms with Crippen molar-refractivity contribution in [2.45, 2.75) is 32.8 Å². The van der Waals surface area contributed by atoms with Gasteiger partial charge < -0.3 is 9.64 Å². The summed E-state index contributed by atoms with van der Waals surface area (Å²) < 4.78 is 5.78. The molecule has 2 heterocycles. The van der Waals surface area contributed by atoms with Crippen molar-refractivity contribution in [2.75, 3.05) is 11.4 Å². The minimum absolute atomic E-state index is 0.0165. The summed E-state index contributed by atoms with van der Waals surface area (Å²) in [6.07, 6.45) is 5.42. The molecule has 1 aliphatic heterocycles. The third kappa shape index (κ3) is 3.93. The second-order valence-corrected chi connectivity index (χ2v) is 7.53. The van der Waals surface area contributed by atoms with E-state index in [4.69, 9.17) is 4.74 Å². The average Bonchev–Trinajstić information content (AvgIpc) is 3.33. The number of nitrogens with zero attached hydrogens (tertiary/aromatic N) is 2. The standard InChI is InChI=1S/C23H25N3O2/c1-16(2)28-22-5-3-4-17(13-22)12-19-10-11-26(23(19)27)21-8-6-18(7-9-21)20-14-24-25-15-20/h3-9,13-16,19H,10-12H2,1-2H3,(H,24,25). The maximum absolute atomic E-state index is 13.0. The van der Waals surface area contributed by atoms with Crippen molar-refractivity contribution in [1.29, 1.82) is 0 Å². The first kappa shape index (κ1) is 18.3. The maximum atomic E-state index is 13.0. The normalized spacial score (nSPS) is 16.8. The Morgan fingerprint density at radius 2 is 2.00 bits per heavy atom. The fourth-order valence-corrected chi connectivity index (χ4v) is 3.73. The largest absolute Gasteiger partial charge is 0.491 e. The Morgan fingerprint density at radius 3 is 2.71 bits per heavy atom. The number of carbonyl (C=O) groups excluding carboxylic acids is 1. The highest BCUT2D eigenvalue weighted by atomic mass is 16.5. The van der Waals surface area contributed by atoms with Crippen LogP contribution in [0.3, 0.4) is 0 Å². The number of hydrogen-bond acceptors (Lipinski definition) is 3. The van der Waals surface area contributed by atoms with Gasteiger partial charge in [0.1, 0.15) is 5.75 Å². The summed E-state index contributed by atoms with van der Waals surface area (Å²) in [6.45, 7) is 4.79. The molecular weight excluding hydrogens is 350 g/mol. The summed E-state index contributed by atoms with van der Waals surface area (Å²) in [4.78, 5) is 14.9.